The number of H-pyrrole nitrogens is 1. The van der Waals surface area contributed by atoms with E-state index in [-0.39, 0.29) is 11.5 Å². The molecular formula is C18H18N2O. The van der Waals surface area contributed by atoms with Crippen LogP contribution in [-0.4, -0.2) is 11.5 Å². The molecule has 0 amide bonds. The van der Waals surface area contributed by atoms with Crippen LogP contribution in [0.5, 0.6) is 0 Å². The Kier molecular flexibility index (Phi) is 3.59. The second-order valence-corrected chi connectivity index (χ2v) is 5.33. The lowest BCUT2D eigenvalue weighted by molar-refractivity contribution is 0.820. The maximum absolute atomic E-state index is 11.7. The number of pyridine rings is 1. The Morgan fingerprint density at radius 1 is 1.05 bits per heavy atom. The fraction of sp³-hybridized carbons (Fsp3) is 0.167. The van der Waals surface area contributed by atoms with Crippen molar-refractivity contribution < 1.29 is 0 Å². The summed E-state index contributed by atoms with van der Waals surface area (Å²) < 4.78 is 0. The maximum Gasteiger partial charge on any atom is 0.251 e. The molecule has 2 aromatic carbocycles. The molecule has 21 heavy (non-hydrogen) atoms. The van der Waals surface area contributed by atoms with Crippen LogP contribution in [0.3, 0.4) is 0 Å². The SMILES string of the molecule is Cc1cc2cc(C(CN)c3ccccc3)ccc2[nH]c1=O. The van der Waals surface area contributed by atoms with Crippen LogP contribution in [0.25, 0.3) is 10.9 Å². The lowest BCUT2D eigenvalue weighted by Crippen LogP contribution is -2.14. The quantitative estimate of drug-likeness (QED) is 0.774. The minimum atomic E-state index is -0.0336. The fourth-order valence-corrected chi connectivity index (χ4v) is 2.70. The Morgan fingerprint density at radius 3 is 2.52 bits per heavy atom. The molecular weight excluding hydrogens is 260 g/mol. The molecule has 3 nitrogen and oxygen atoms in total. The molecule has 1 atom stereocenters. The number of aromatic amines is 1. The third-order valence-electron chi connectivity index (χ3n) is 3.89. The molecule has 3 aromatic rings. The van der Waals surface area contributed by atoms with Crippen LogP contribution in [0.15, 0.2) is 59.4 Å². The van der Waals surface area contributed by atoms with Crippen LogP contribution >= 0.6 is 0 Å². The zero-order valence-corrected chi connectivity index (χ0v) is 12.0. The minimum Gasteiger partial charge on any atom is -0.330 e. The van der Waals surface area contributed by atoms with Gasteiger partial charge in [0.25, 0.3) is 5.56 Å². The van der Waals surface area contributed by atoms with Gasteiger partial charge in [0.05, 0.1) is 0 Å². The molecule has 3 heteroatoms. The molecule has 0 fully saturated rings. The highest BCUT2D eigenvalue weighted by Crippen LogP contribution is 2.26. The number of nitrogens with two attached hydrogens (primary N) is 1. The molecule has 0 aliphatic rings. The highest BCUT2D eigenvalue weighted by atomic mass is 16.1. The van der Waals surface area contributed by atoms with E-state index >= 15 is 0 Å². The largest absolute Gasteiger partial charge is 0.330 e. The summed E-state index contributed by atoms with van der Waals surface area (Å²) in [6.45, 7) is 2.38. The van der Waals surface area contributed by atoms with Crippen molar-refractivity contribution >= 4 is 10.9 Å². The minimum absolute atomic E-state index is 0.0336. The zero-order valence-electron chi connectivity index (χ0n) is 12.0. The van der Waals surface area contributed by atoms with Crippen molar-refractivity contribution in [2.75, 3.05) is 6.54 Å². The second kappa shape index (κ2) is 5.54. The normalized spacial score (nSPS) is 12.5. The van der Waals surface area contributed by atoms with Gasteiger partial charge in [-0.2, -0.15) is 0 Å². The van der Waals surface area contributed by atoms with Crippen molar-refractivity contribution in [3.8, 4) is 0 Å². The predicted molar refractivity (Wildman–Crippen MR) is 86.6 cm³/mol. The van der Waals surface area contributed by atoms with Crippen LogP contribution in [0.1, 0.15) is 22.6 Å². The first-order valence-electron chi connectivity index (χ1n) is 7.07. The van der Waals surface area contributed by atoms with E-state index in [1.54, 1.807) is 0 Å². The number of nitrogens with one attached hydrogen (secondary N) is 1. The van der Waals surface area contributed by atoms with Crippen LogP contribution in [0.2, 0.25) is 0 Å². The monoisotopic (exact) mass is 278 g/mol. The predicted octanol–water partition coefficient (Wildman–Crippen LogP) is 2.93. The molecule has 0 saturated carbocycles. The van der Waals surface area contributed by atoms with Crippen molar-refractivity contribution in [2.24, 2.45) is 5.73 Å². The average Bonchev–Trinajstić information content (AvgIpc) is 2.50. The molecule has 0 bridgehead atoms. The Morgan fingerprint density at radius 2 is 1.81 bits per heavy atom. The van der Waals surface area contributed by atoms with E-state index in [0.29, 0.717) is 6.54 Å². The standard InChI is InChI=1S/C18H18N2O/c1-12-9-15-10-14(7-8-17(15)20-18(12)21)16(11-19)13-5-3-2-4-6-13/h2-10,16H,11,19H2,1H3,(H,20,21). The second-order valence-electron chi connectivity index (χ2n) is 5.33. The van der Waals surface area contributed by atoms with Crippen molar-refractivity contribution in [3.05, 3.63) is 81.6 Å². The third-order valence-corrected chi connectivity index (χ3v) is 3.89. The molecule has 0 aliphatic heterocycles. The van der Waals surface area contributed by atoms with Crippen molar-refractivity contribution in [1.29, 1.82) is 0 Å². The first-order valence-corrected chi connectivity index (χ1v) is 7.07. The Labute approximate surface area is 123 Å². The summed E-state index contributed by atoms with van der Waals surface area (Å²) in [6.07, 6.45) is 0. The number of rotatable bonds is 3. The average molecular weight is 278 g/mol. The highest BCUT2D eigenvalue weighted by Gasteiger charge is 2.12. The van der Waals surface area contributed by atoms with Crippen molar-refractivity contribution in [1.82, 2.24) is 4.98 Å². The number of aryl methyl sites for hydroxylation is 1. The molecule has 0 saturated heterocycles. The summed E-state index contributed by atoms with van der Waals surface area (Å²) in [5.41, 5.74) is 9.91. The van der Waals surface area contributed by atoms with Crippen molar-refractivity contribution in [3.63, 3.8) is 0 Å². The van der Waals surface area contributed by atoms with Gasteiger partial charge in [-0.1, -0.05) is 36.4 Å². The van der Waals surface area contributed by atoms with Crippen LogP contribution in [0.4, 0.5) is 0 Å². The number of hydrogen-bond donors (Lipinski definition) is 2. The highest BCUT2D eigenvalue weighted by molar-refractivity contribution is 5.80. The molecule has 0 aliphatic carbocycles. The van der Waals surface area contributed by atoms with Gasteiger partial charge in [-0.25, -0.2) is 0 Å². The van der Waals surface area contributed by atoms with Gasteiger partial charge in [-0.15, -0.1) is 0 Å². The van der Waals surface area contributed by atoms with E-state index in [1.165, 1.54) is 11.1 Å². The number of benzene rings is 2. The molecule has 1 unspecified atom stereocenters. The maximum atomic E-state index is 11.7. The van der Waals surface area contributed by atoms with Crippen LogP contribution in [-0.2, 0) is 0 Å². The topological polar surface area (TPSA) is 58.9 Å². The van der Waals surface area contributed by atoms with E-state index in [4.69, 9.17) is 5.73 Å². The number of fused-ring (bicyclic) bond motifs is 1. The van der Waals surface area contributed by atoms with Gasteiger partial charge in [0.15, 0.2) is 0 Å². The first-order chi connectivity index (χ1) is 10.2. The molecule has 0 spiro atoms. The van der Waals surface area contributed by atoms with E-state index in [2.05, 4.69) is 23.2 Å². The van der Waals surface area contributed by atoms with E-state index in [9.17, 15) is 4.79 Å². The molecule has 106 valence electrons. The number of aromatic nitrogens is 1. The summed E-state index contributed by atoms with van der Waals surface area (Å²) in [6, 6.07) is 18.3. The Bertz CT molecular complexity index is 821. The van der Waals surface area contributed by atoms with E-state index in [0.717, 1.165) is 16.5 Å². The number of hydrogen-bond acceptors (Lipinski definition) is 2. The van der Waals surface area contributed by atoms with Gasteiger partial charge < -0.3 is 10.7 Å². The first kappa shape index (κ1) is 13.6. The molecule has 1 heterocycles. The summed E-state index contributed by atoms with van der Waals surface area (Å²) in [5, 5.41) is 1.04. The molecule has 3 N–H and O–H groups in total. The Balaban J connectivity index is 2.11. The van der Waals surface area contributed by atoms with Gasteiger partial charge in [0, 0.05) is 23.5 Å². The van der Waals surface area contributed by atoms with E-state index < -0.39 is 0 Å². The summed E-state index contributed by atoms with van der Waals surface area (Å²) in [4.78, 5) is 14.5. The van der Waals surface area contributed by atoms with Gasteiger partial charge >= 0.3 is 0 Å². The molecule has 0 radical (unpaired) electrons. The third kappa shape index (κ3) is 2.60. The van der Waals surface area contributed by atoms with Gasteiger partial charge in [-0.3, -0.25) is 4.79 Å². The lowest BCUT2D eigenvalue weighted by Gasteiger charge is -2.16. The zero-order chi connectivity index (χ0) is 14.8. The van der Waals surface area contributed by atoms with E-state index in [1.807, 2.05) is 43.3 Å². The summed E-state index contributed by atoms with van der Waals surface area (Å²) in [5.74, 6) is 0.169. The lowest BCUT2D eigenvalue weighted by atomic mass is 9.90. The van der Waals surface area contributed by atoms with Crippen LogP contribution < -0.4 is 11.3 Å². The Hall–Kier alpha value is -2.39. The van der Waals surface area contributed by atoms with Crippen LogP contribution in [0, 0.1) is 6.92 Å². The molecule has 1 aromatic heterocycles. The van der Waals surface area contributed by atoms with Crippen molar-refractivity contribution in [2.45, 2.75) is 12.8 Å². The summed E-state index contributed by atoms with van der Waals surface area (Å²) >= 11 is 0. The van der Waals surface area contributed by atoms with Gasteiger partial charge in [0.1, 0.15) is 0 Å². The summed E-state index contributed by atoms with van der Waals surface area (Å²) in [7, 11) is 0. The van der Waals surface area contributed by atoms with Gasteiger partial charge in [-0.05, 0) is 41.6 Å². The smallest absolute Gasteiger partial charge is 0.251 e. The molecule has 3 rings (SSSR count). The fourth-order valence-electron chi connectivity index (χ4n) is 2.70. The van der Waals surface area contributed by atoms with Gasteiger partial charge in [0.2, 0.25) is 0 Å².